The zero-order valence-corrected chi connectivity index (χ0v) is 5.91. The van der Waals surface area contributed by atoms with Crippen LogP contribution in [0.15, 0.2) is 0 Å². The van der Waals surface area contributed by atoms with E-state index in [1.54, 1.807) is 0 Å². The molecule has 0 bridgehead atoms. The molecule has 0 unspecified atom stereocenters. The lowest BCUT2D eigenvalue weighted by atomic mass is 9.84. The van der Waals surface area contributed by atoms with E-state index in [-0.39, 0.29) is 0 Å². The highest BCUT2D eigenvalue weighted by Gasteiger charge is 2.48. The maximum Gasteiger partial charge on any atom is 0.346 e. The maximum atomic E-state index is 12.4. The molecule has 0 saturated heterocycles. The van der Waals surface area contributed by atoms with Gasteiger partial charge in [-0.3, -0.25) is 0 Å². The molecule has 0 aromatic heterocycles. The van der Waals surface area contributed by atoms with Crippen LogP contribution >= 0.6 is 11.8 Å². The van der Waals surface area contributed by atoms with E-state index in [1.165, 1.54) is 0 Å². The number of halogens is 4. The van der Waals surface area contributed by atoms with Gasteiger partial charge in [-0.15, -0.1) is 4.48 Å². The molecule has 0 aliphatic heterocycles. The molecule has 1 nitrogen and oxygen atoms in total. The summed E-state index contributed by atoms with van der Waals surface area (Å²) in [4.78, 5) is 0. The SMILES string of the molecule is FN(Cl)C(F)(F)C1CCC1. The van der Waals surface area contributed by atoms with Crippen LogP contribution in [0.4, 0.5) is 13.3 Å². The van der Waals surface area contributed by atoms with Crippen LogP contribution in [0.3, 0.4) is 0 Å². The molecular weight excluding hydrogens is 167 g/mol. The highest BCUT2D eigenvalue weighted by Crippen LogP contribution is 2.42. The second-order valence-corrected chi connectivity index (χ2v) is 2.75. The number of nitrogens with zero attached hydrogens (tertiary/aromatic N) is 1. The summed E-state index contributed by atoms with van der Waals surface area (Å²) in [6, 6.07) is -3.47. The first-order valence-electron chi connectivity index (χ1n) is 3.04. The van der Waals surface area contributed by atoms with Crippen LogP contribution in [-0.4, -0.2) is 10.7 Å². The average molecular weight is 174 g/mol. The first kappa shape index (κ1) is 8.14. The summed E-state index contributed by atoms with van der Waals surface area (Å²) in [6.45, 7) is 0. The van der Waals surface area contributed by atoms with Crippen molar-refractivity contribution in [1.82, 2.24) is 4.64 Å². The van der Waals surface area contributed by atoms with Gasteiger partial charge in [0.2, 0.25) is 0 Å². The molecule has 1 aliphatic carbocycles. The Hall–Kier alpha value is 0.0400. The van der Waals surface area contributed by atoms with Gasteiger partial charge in [-0.05, 0) is 12.8 Å². The molecular formula is C5H7ClF3N. The molecule has 0 amide bonds. The molecule has 1 fully saturated rings. The lowest BCUT2D eigenvalue weighted by Crippen LogP contribution is -2.40. The van der Waals surface area contributed by atoms with Crippen molar-refractivity contribution in [3.8, 4) is 0 Å². The van der Waals surface area contributed by atoms with Crippen molar-refractivity contribution in [3.05, 3.63) is 0 Å². The molecule has 0 radical (unpaired) electrons. The Bertz CT molecular complexity index is 124. The second kappa shape index (κ2) is 2.58. The van der Waals surface area contributed by atoms with Crippen LogP contribution in [0.5, 0.6) is 0 Å². The summed E-state index contributed by atoms with van der Waals surface area (Å²) < 4.78 is 35.6. The van der Waals surface area contributed by atoms with Crippen molar-refractivity contribution < 1.29 is 13.3 Å². The molecule has 0 N–H and O–H groups in total. The quantitative estimate of drug-likeness (QED) is 0.459. The minimum Gasteiger partial charge on any atom is -0.184 e. The van der Waals surface area contributed by atoms with Crippen LogP contribution in [0, 0.1) is 5.92 Å². The first-order valence-corrected chi connectivity index (χ1v) is 3.38. The number of rotatable bonds is 2. The average Bonchev–Trinajstić information content (AvgIpc) is 1.57. The molecule has 0 spiro atoms. The predicted molar refractivity (Wildman–Crippen MR) is 31.1 cm³/mol. The Morgan fingerprint density at radius 2 is 1.90 bits per heavy atom. The van der Waals surface area contributed by atoms with E-state index in [0.29, 0.717) is 12.8 Å². The largest absolute Gasteiger partial charge is 0.346 e. The van der Waals surface area contributed by atoms with Crippen molar-refractivity contribution >= 4 is 11.8 Å². The van der Waals surface area contributed by atoms with Crippen LogP contribution in [-0.2, 0) is 0 Å². The van der Waals surface area contributed by atoms with Gasteiger partial charge in [-0.2, -0.15) is 8.78 Å². The molecule has 1 rings (SSSR count). The van der Waals surface area contributed by atoms with Crippen LogP contribution in [0.2, 0.25) is 0 Å². The highest BCUT2D eigenvalue weighted by atomic mass is 35.5. The van der Waals surface area contributed by atoms with Crippen molar-refractivity contribution in [2.24, 2.45) is 5.92 Å². The van der Waals surface area contributed by atoms with Gasteiger partial charge in [0.15, 0.2) is 0 Å². The van der Waals surface area contributed by atoms with Crippen LogP contribution in [0.25, 0.3) is 0 Å². The molecule has 1 aliphatic rings. The van der Waals surface area contributed by atoms with Gasteiger partial charge in [0.25, 0.3) is 0 Å². The van der Waals surface area contributed by atoms with E-state index < -0.39 is 16.6 Å². The van der Waals surface area contributed by atoms with E-state index in [0.717, 1.165) is 6.42 Å². The van der Waals surface area contributed by atoms with E-state index in [4.69, 9.17) is 0 Å². The number of hydrogen-bond donors (Lipinski definition) is 0. The second-order valence-electron chi connectivity index (χ2n) is 2.45. The molecule has 60 valence electrons. The summed E-state index contributed by atoms with van der Waals surface area (Å²) >= 11 is 4.49. The van der Waals surface area contributed by atoms with Gasteiger partial charge in [0.05, 0.1) is 0 Å². The molecule has 0 heterocycles. The van der Waals surface area contributed by atoms with E-state index >= 15 is 0 Å². The van der Waals surface area contributed by atoms with Crippen molar-refractivity contribution in [3.63, 3.8) is 0 Å². The standard InChI is InChI=1S/C5H7ClF3N/c6-10(9)5(7,8)4-2-1-3-4/h4H,1-3H2. The Labute approximate surface area is 61.8 Å². The normalized spacial score (nSPS) is 21.3. The van der Waals surface area contributed by atoms with Crippen LogP contribution in [0.1, 0.15) is 19.3 Å². The fourth-order valence-corrected chi connectivity index (χ4v) is 1.03. The summed E-state index contributed by atoms with van der Waals surface area (Å²) in [5.74, 6) is -0.894. The Kier molecular flexibility index (Phi) is 2.10. The third-order valence-electron chi connectivity index (χ3n) is 1.82. The van der Waals surface area contributed by atoms with Gasteiger partial charge in [-0.1, -0.05) is 6.42 Å². The zero-order chi connectivity index (χ0) is 7.78. The first-order chi connectivity index (χ1) is 4.55. The summed E-state index contributed by atoms with van der Waals surface area (Å²) in [5, 5.41) is 0. The van der Waals surface area contributed by atoms with Gasteiger partial charge in [0.1, 0.15) is 0 Å². The third kappa shape index (κ3) is 1.22. The Balaban J connectivity index is 2.48. The Morgan fingerprint density at radius 3 is 2.00 bits per heavy atom. The Morgan fingerprint density at radius 1 is 1.40 bits per heavy atom. The predicted octanol–water partition coefficient (Wildman–Crippen LogP) is 2.72. The molecule has 5 heteroatoms. The smallest absolute Gasteiger partial charge is 0.184 e. The van der Waals surface area contributed by atoms with Gasteiger partial charge in [-0.25, -0.2) is 0 Å². The zero-order valence-electron chi connectivity index (χ0n) is 5.16. The fraction of sp³-hybridized carbons (Fsp3) is 1.00. The minimum atomic E-state index is -3.47. The topological polar surface area (TPSA) is 3.24 Å². The minimum absolute atomic E-state index is 0.361. The lowest BCUT2D eigenvalue weighted by Gasteiger charge is -2.33. The summed E-state index contributed by atoms with van der Waals surface area (Å²) in [5.41, 5.74) is 0. The van der Waals surface area contributed by atoms with Gasteiger partial charge >= 0.3 is 6.05 Å². The molecule has 0 atom stereocenters. The van der Waals surface area contributed by atoms with Gasteiger partial charge < -0.3 is 0 Å². The van der Waals surface area contributed by atoms with E-state index in [9.17, 15) is 13.3 Å². The van der Waals surface area contributed by atoms with Crippen LogP contribution < -0.4 is 0 Å². The van der Waals surface area contributed by atoms with Crippen molar-refractivity contribution in [2.75, 3.05) is 0 Å². The van der Waals surface area contributed by atoms with Gasteiger partial charge in [0, 0.05) is 22.3 Å². The van der Waals surface area contributed by atoms with E-state index in [1.807, 2.05) is 0 Å². The summed E-state index contributed by atoms with van der Waals surface area (Å²) in [6.07, 6.45) is 1.46. The summed E-state index contributed by atoms with van der Waals surface area (Å²) in [7, 11) is 0. The molecule has 0 aromatic carbocycles. The molecule has 0 aromatic rings. The van der Waals surface area contributed by atoms with Crippen molar-refractivity contribution in [2.45, 2.75) is 25.3 Å². The molecule has 10 heavy (non-hydrogen) atoms. The lowest BCUT2D eigenvalue weighted by molar-refractivity contribution is -0.228. The maximum absolute atomic E-state index is 12.4. The molecule has 1 saturated carbocycles. The van der Waals surface area contributed by atoms with Crippen molar-refractivity contribution in [1.29, 1.82) is 0 Å². The third-order valence-corrected chi connectivity index (χ3v) is 2.05. The monoisotopic (exact) mass is 173 g/mol. The fourth-order valence-electron chi connectivity index (χ4n) is 0.894. The number of alkyl halides is 2. The highest BCUT2D eigenvalue weighted by molar-refractivity contribution is 6.12. The van der Waals surface area contributed by atoms with E-state index in [2.05, 4.69) is 11.8 Å². The number of hydrogen-bond acceptors (Lipinski definition) is 1.